The van der Waals surface area contributed by atoms with Crippen molar-refractivity contribution in [2.24, 2.45) is 4.99 Å². The van der Waals surface area contributed by atoms with E-state index < -0.39 is 0 Å². The summed E-state index contributed by atoms with van der Waals surface area (Å²) in [6, 6.07) is 11.4. The van der Waals surface area contributed by atoms with Crippen molar-refractivity contribution in [3.05, 3.63) is 48.4 Å². The molecule has 0 fully saturated rings. The fraction of sp³-hybridized carbons (Fsp3) is 0.421. The number of rotatable bonds is 9. The zero-order chi connectivity index (χ0) is 17.9. The molecule has 1 aromatic carbocycles. The number of halogens is 1. The monoisotopic (exact) mass is 473 g/mol. The summed E-state index contributed by atoms with van der Waals surface area (Å²) in [5.41, 5.74) is 0. The van der Waals surface area contributed by atoms with Gasteiger partial charge in [-0.2, -0.15) is 0 Å². The molecule has 6 nitrogen and oxygen atoms in total. The van der Waals surface area contributed by atoms with Crippen molar-refractivity contribution in [3.8, 4) is 11.5 Å². The van der Waals surface area contributed by atoms with E-state index in [0.29, 0.717) is 13.2 Å². The van der Waals surface area contributed by atoms with Crippen molar-refractivity contribution in [1.29, 1.82) is 0 Å². The van der Waals surface area contributed by atoms with Crippen molar-refractivity contribution >= 4 is 29.9 Å². The maximum Gasteiger partial charge on any atom is 0.193 e. The Morgan fingerprint density at radius 2 is 1.92 bits per heavy atom. The summed E-state index contributed by atoms with van der Waals surface area (Å²) < 4.78 is 16.2. The van der Waals surface area contributed by atoms with Crippen molar-refractivity contribution in [3.63, 3.8) is 0 Å². The molecule has 0 saturated heterocycles. The molecule has 0 aliphatic rings. The van der Waals surface area contributed by atoms with Gasteiger partial charge in [-0.3, -0.25) is 4.99 Å². The molecular formula is C19H28IN3O3. The highest BCUT2D eigenvalue weighted by molar-refractivity contribution is 14.0. The van der Waals surface area contributed by atoms with E-state index in [1.54, 1.807) is 13.4 Å². The molecule has 0 atom stereocenters. The van der Waals surface area contributed by atoms with Crippen LogP contribution in [0.2, 0.25) is 0 Å². The quantitative estimate of drug-likeness (QED) is 0.344. The predicted molar refractivity (Wildman–Crippen MR) is 115 cm³/mol. The van der Waals surface area contributed by atoms with Gasteiger partial charge in [0.15, 0.2) is 5.96 Å². The number of nitrogens with one attached hydrogen (secondary N) is 1. The molecule has 2 aromatic rings. The van der Waals surface area contributed by atoms with Gasteiger partial charge in [0.2, 0.25) is 0 Å². The van der Waals surface area contributed by atoms with Gasteiger partial charge in [-0.1, -0.05) is 0 Å². The largest absolute Gasteiger partial charge is 0.497 e. The van der Waals surface area contributed by atoms with Crippen molar-refractivity contribution < 1.29 is 13.9 Å². The van der Waals surface area contributed by atoms with Gasteiger partial charge < -0.3 is 24.1 Å². The molecule has 1 N–H and O–H groups in total. The average Bonchev–Trinajstić information content (AvgIpc) is 3.15. The molecule has 7 heteroatoms. The third-order valence-electron chi connectivity index (χ3n) is 3.65. The Morgan fingerprint density at radius 3 is 2.54 bits per heavy atom. The molecule has 144 valence electrons. The van der Waals surface area contributed by atoms with Gasteiger partial charge >= 0.3 is 0 Å². The Bertz CT molecular complexity index is 630. The van der Waals surface area contributed by atoms with Gasteiger partial charge in [0.1, 0.15) is 23.9 Å². The fourth-order valence-corrected chi connectivity index (χ4v) is 2.27. The van der Waals surface area contributed by atoms with Gasteiger partial charge in [0, 0.05) is 26.6 Å². The summed E-state index contributed by atoms with van der Waals surface area (Å²) in [6.07, 6.45) is 2.48. The minimum Gasteiger partial charge on any atom is -0.497 e. The van der Waals surface area contributed by atoms with Crippen LogP contribution in [-0.4, -0.2) is 51.3 Å². The molecular weight excluding hydrogens is 445 g/mol. The van der Waals surface area contributed by atoms with E-state index in [0.717, 1.165) is 42.7 Å². The highest BCUT2D eigenvalue weighted by Crippen LogP contribution is 2.16. The number of nitrogens with zero attached hydrogens (tertiary/aromatic N) is 2. The van der Waals surface area contributed by atoms with Gasteiger partial charge in [-0.15, -0.1) is 24.0 Å². The molecule has 2 rings (SSSR count). The molecule has 0 aliphatic carbocycles. The lowest BCUT2D eigenvalue weighted by molar-refractivity contribution is 0.281. The first-order valence-corrected chi connectivity index (χ1v) is 8.51. The molecule has 0 unspecified atom stereocenters. The number of benzene rings is 1. The Hall–Kier alpha value is -1.90. The van der Waals surface area contributed by atoms with E-state index in [9.17, 15) is 0 Å². The average molecular weight is 473 g/mol. The number of likely N-dealkylation sites (N-methyl/N-ethyl adjacent to an activating group) is 1. The van der Waals surface area contributed by atoms with E-state index in [2.05, 4.69) is 22.1 Å². The third kappa shape index (κ3) is 7.55. The summed E-state index contributed by atoms with van der Waals surface area (Å²) >= 11 is 0. The van der Waals surface area contributed by atoms with Crippen LogP contribution in [0.3, 0.4) is 0 Å². The van der Waals surface area contributed by atoms with Crippen LogP contribution in [0, 0.1) is 0 Å². The second-order valence-electron chi connectivity index (χ2n) is 5.51. The first kappa shape index (κ1) is 22.1. The molecule has 0 amide bonds. The van der Waals surface area contributed by atoms with Crippen LogP contribution in [0.4, 0.5) is 0 Å². The smallest absolute Gasteiger partial charge is 0.193 e. The van der Waals surface area contributed by atoms with Crippen LogP contribution in [0.25, 0.3) is 0 Å². The number of aliphatic imine (C=N–C) groups is 1. The summed E-state index contributed by atoms with van der Waals surface area (Å²) in [5.74, 6) is 3.47. The van der Waals surface area contributed by atoms with Gasteiger partial charge in [0.25, 0.3) is 0 Å². The molecule has 0 bridgehead atoms. The van der Waals surface area contributed by atoms with Crippen LogP contribution in [0.15, 0.2) is 52.1 Å². The summed E-state index contributed by atoms with van der Waals surface area (Å²) in [4.78, 5) is 6.70. The number of hydrogen-bond acceptors (Lipinski definition) is 4. The maximum absolute atomic E-state index is 5.77. The van der Waals surface area contributed by atoms with Crippen LogP contribution in [0.5, 0.6) is 11.5 Å². The zero-order valence-corrected chi connectivity index (χ0v) is 17.9. The predicted octanol–water partition coefficient (Wildman–Crippen LogP) is 3.43. The van der Waals surface area contributed by atoms with Crippen LogP contribution in [-0.2, 0) is 6.42 Å². The SMILES string of the molecule is CCNC(=NCCc1ccco1)N(C)CCOc1ccc(OC)cc1.I. The van der Waals surface area contributed by atoms with Crippen LogP contribution < -0.4 is 14.8 Å². The van der Waals surface area contributed by atoms with Crippen LogP contribution >= 0.6 is 24.0 Å². The Balaban J connectivity index is 0.00000338. The molecule has 1 aromatic heterocycles. The minimum atomic E-state index is 0. The van der Waals surface area contributed by atoms with E-state index in [-0.39, 0.29) is 24.0 Å². The van der Waals surface area contributed by atoms with Crippen molar-refractivity contribution in [2.45, 2.75) is 13.3 Å². The standard InChI is InChI=1S/C19H27N3O3.HI/c1-4-20-19(21-12-11-17-6-5-14-24-17)22(2)13-15-25-18-9-7-16(23-3)8-10-18;/h5-10,14H,4,11-13,15H2,1-3H3,(H,20,21);1H. The molecule has 0 radical (unpaired) electrons. The normalized spacial score (nSPS) is 10.8. The third-order valence-corrected chi connectivity index (χ3v) is 3.65. The summed E-state index contributed by atoms with van der Waals surface area (Å²) in [5, 5.41) is 3.30. The molecule has 26 heavy (non-hydrogen) atoms. The Labute approximate surface area is 172 Å². The highest BCUT2D eigenvalue weighted by Gasteiger charge is 2.06. The molecule has 0 aliphatic heterocycles. The molecule has 0 spiro atoms. The first-order valence-electron chi connectivity index (χ1n) is 8.51. The van der Waals surface area contributed by atoms with Gasteiger partial charge in [-0.25, -0.2) is 0 Å². The number of methoxy groups -OCH3 is 1. The number of ether oxygens (including phenoxy) is 2. The Kier molecular flexibility index (Phi) is 10.6. The maximum atomic E-state index is 5.77. The van der Waals surface area contributed by atoms with E-state index in [1.165, 1.54) is 0 Å². The van der Waals surface area contributed by atoms with E-state index >= 15 is 0 Å². The lowest BCUT2D eigenvalue weighted by Gasteiger charge is -2.22. The zero-order valence-electron chi connectivity index (χ0n) is 15.6. The lowest BCUT2D eigenvalue weighted by atomic mass is 10.3. The minimum absolute atomic E-state index is 0. The topological polar surface area (TPSA) is 59.2 Å². The Morgan fingerprint density at radius 1 is 1.19 bits per heavy atom. The van der Waals surface area contributed by atoms with Gasteiger partial charge in [0.05, 0.1) is 19.9 Å². The van der Waals surface area contributed by atoms with E-state index in [4.69, 9.17) is 13.9 Å². The molecule has 1 heterocycles. The van der Waals surface area contributed by atoms with Crippen LogP contribution in [0.1, 0.15) is 12.7 Å². The summed E-state index contributed by atoms with van der Waals surface area (Å²) in [6.45, 7) is 4.87. The number of furan rings is 1. The highest BCUT2D eigenvalue weighted by atomic mass is 127. The summed E-state index contributed by atoms with van der Waals surface area (Å²) in [7, 11) is 3.66. The van der Waals surface area contributed by atoms with Crippen molar-refractivity contribution in [2.75, 3.05) is 40.4 Å². The number of hydrogen-bond donors (Lipinski definition) is 1. The lowest BCUT2D eigenvalue weighted by Crippen LogP contribution is -2.41. The first-order chi connectivity index (χ1) is 12.2. The van der Waals surface area contributed by atoms with E-state index in [1.807, 2.05) is 43.4 Å². The van der Waals surface area contributed by atoms with Crippen molar-refractivity contribution in [1.82, 2.24) is 10.2 Å². The number of guanidine groups is 1. The second-order valence-corrected chi connectivity index (χ2v) is 5.51. The van der Waals surface area contributed by atoms with Gasteiger partial charge in [-0.05, 0) is 43.3 Å². The second kappa shape index (κ2) is 12.5. The molecule has 0 saturated carbocycles. The fourth-order valence-electron chi connectivity index (χ4n) is 2.27.